The number of carbonyl (C=O) groups is 1. The first-order valence-corrected chi connectivity index (χ1v) is 8.06. The van der Waals surface area contributed by atoms with Crippen LogP contribution in [0.1, 0.15) is 5.56 Å². The maximum absolute atomic E-state index is 12.4. The van der Waals surface area contributed by atoms with Crippen LogP contribution in [0.3, 0.4) is 0 Å². The van der Waals surface area contributed by atoms with E-state index in [1.165, 1.54) is 0 Å². The fraction of sp³-hybridized carbons (Fsp3) is 0.133. The van der Waals surface area contributed by atoms with Gasteiger partial charge in [-0.15, -0.1) is 0 Å². The predicted octanol–water partition coefficient (Wildman–Crippen LogP) is 4.11. The summed E-state index contributed by atoms with van der Waals surface area (Å²) < 4.78 is 49.3. The van der Waals surface area contributed by atoms with Crippen molar-refractivity contribution in [2.24, 2.45) is 0 Å². The van der Waals surface area contributed by atoms with Gasteiger partial charge < -0.3 is 5.32 Å². The van der Waals surface area contributed by atoms with E-state index >= 15 is 0 Å². The summed E-state index contributed by atoms with van der Waals surface area (Å²) in [5, 5.41) is 2.89. The van der Waals surface area contributed by atoms with Crippen LogP contribution in [0.15, 0.2) is 53.4 Å². The molecule has 3 nitrogen and oxygen atoms in total. The standard InChI is InChI=1S/C15H11ClF3NO2S/c16-11-3-7-13(8-4-11)23(22)9-14(21)20-12-5-1-10(2-6-12)15(17,18)19/h1-8H,9H2,(H,20,21). The van der Waals surface area contributed by atoms with E-state index in [4.69, 9.17) is 11.6 Å². The molecule has 0 radical (unpaired) electrons. The average molecular weight is 362 g/mol. The number of halogens is 4. The summed E-state index contributed by atoms with van der Waals surface area (Å²) in [7, 11) is -1.56. The number of carbonyl (C=O) groups excluding carboxylic acids is 1. The van der Waals surface area contributed by atoms with E-state index < -0.39 is 28.4 Å². The van der Waals surface area contributed by atoms with Crippen LogP contribution in [-0.4, -0.2) is 15.9 Å². The summed E-state index contributed by atoms with van der Waals surface area (Å²) in [6.07, 6.45) is -4.43. The number of benzene rings is 2. The van der Waals surface area contributed by atoms with Crippen molar-refractivity contribution in [2.75, 3.05) is 11.1 Å². The van der Waals surface area contributed by atoms with Crippen LogP contribution in [0, 0.1) is 0 Å². The molecule has 0 aliphatic carbocycles. The molecule has 0 saturated heterocycles. The molecule has 23 heavy (non-hydrogen) atoms. The molecule has 0 bridgehead atoms. The minimum atomic E-state index is -4.43. The molecule has 0 aromatic heterocycles. The number of hydrogen-bond acceptors (Lipinski definition) is 2. The van der Waals surface area contributed by atoms with E-state index in [1.807, 2.05) is 0 Å². The molecule has 2 rings (SSSR count). The molecule has 0 saturated carbocycles. The molecule has 1 amide bonds. The van der Waals surface area contributed by atoms with Crippen LogP contribution in [0.4, 0.5) is 18.9 Å². The number of rotatable bonds is 4. The Morgan fingerprint density at radius 3 is 2.13 bits per heavy atom. The third kappa shape index (κ3) is 5.07. The van der Waals surface area contributed by atoms with Crippen LogP contribution in [0.25, 0.3) is 0 Å². The summed E-state index contributed by atoms with van der Waals surface area (Å²) in [5.74, 6) is -0.860. The number of amides is 1. The third-order valence-corrected chi connectivity index (χ3v) is 4.41. The lowest BCUT2D eigenvalue weighted by atomic mass is 10.2. The Morgan fingerprint density at radius 1 is 1.04 bits per heavy atom. The van der Waals surface area contributed by atoms with Crippen molar-refractivity contribution in [3.8, 4) is 0 Å². The molecule has 0 fully saturated rings. The Labute approximate surface area is 137 Å². The summed E-state index contributed by atoms with van der Waals surface area (Å²) >= 11 is 5.72. The van der Waals surface area contributed by atoms with Gasteiger partial charge in [0.05, 0.1) is 16.4 Å². The first kappa shape index (κ1) is 17.5. The normalized spacial score (nSPS) is 12.7. The number of nitrogens with one attached hydrogen (secondary N) is 1. The molecule has 1 N–H and O–H groups in total. The van der Waals surface area contributed by atoms with Gasteiger partial charge in [0.25, 0.3) is 0 Å². The molecule has 0 heterocycles. The van der Waals surface area contributed by atoms with Crippen LogP contribution >= 0.6 is 11.6 Å². The maximum atomic E-state index is 12.4. The van der Waals surface area contributed by atoms with E-state index in [1.54, 1.807) is 24.3 Å². The molecule has 2 aromatic rings. The molecule has 8 heteroatoms. The number of alkyl halides is 3. The Kier molecular flexibility index (Phi) is 5.43. The zero-order valence-electron chi connectivity index (χ0n) is 11.6. The molecule has 0 aliphatic heterocycles. The lowest BCUT2D eigenvalue weighted by Gasteiger charge is -2.09. The third-order valence-electron chi connectivity index (χ3n) is 2.83. The van der Waals surface area contributed by atoms with Crippen molar-refractivity contribution >= 4 is 34.0 Å². The molecule has 0 aliphatic rings. The van der Waals surface area contributed by atoms with Crippen LogP contribution < -0.4 is 5.32 Å². The summed E-state index contributed by atoms with van der Waals surface area (Å²) in [4.78, 5) is 12.2. The Hall–Kier alpha value is -1.86. The van der Waals surface area contributed by atoms with Gasteiger partial charge in [-0.05, 0) is 48.5 Å². The smallest absolute Gasteiger partial charge is 0.325 e. The molecular weight excluding hydrogens is 351 g/mol. The highest BCUT2D eigenvalue weighted by Crippen LogP contribution is 2.29. The fourth-order valence-electron chi connectivity index (χ4n) is 1.73. The largest absolute Gasteiger partial charge is 0.416 e. The van der Waals surface area contributed by atoms with Gasteiger partial charge in [0.1, 0.15) is 5.75 Å². The molecule has 2 aromatic carbocycles. The van der Waals surface area contributed by atoms with Crippen LogP contribution in [0.2, 0.25) is 5.02 Å². The van der Waals surface area contributed by atoms with Crippen molar-refractivity contribution in [1.82, 2.24) is 0 Å². The predicted molar refractivity (Wildman–Crippen MR) is 82.8 cm³/mol. The number of anilines is 1. The van der Waals surface area contributed by atoms with E-state index in [0.29, 0.717) is 9.92 Å². The minimum absolute atomic E-state index is 0.205. The maximum Gasteiger partial charge on any atom is 0.416 e. The van der Waals surface area contributed by atoms with Gasteiger partial charge in [-0.2, -0.15) is 13.2 Å². The first-order valence-electron chi connectivity index (χ1n) is 6.37. The van der Waals surface area contributed by atoms with E-state index in [-0.39, 0.29) is 11.4 Å². The second kappa shape index (κ2) is 7.14. The summed E-state index contributed by atoms with van der Waals surface area (Å²) in [6.45, 7) is 0. The van der Waals surface area contributed by atoms with Gasteiger partial charge in [0.15, 0.2) is 0 Å². The lowest BCUT2D eigenvalue weighted by molar-refractivity contribution is -0.137. The lowest BCUT2D eigenvalue weighted by Crippen LogP contribution is -2.19. The zero-order chi connectivity index (χ0) is 17.0. The fourth-order valence-corrected chi connectivity index (χ4v) is 2.77. The van der Waals surface area contributed by atoms with E-state index in [9.17, 15) is 22.2 Å². The second-order valence-corrected chi connectivity index (χ2v) is 6.45. The second-order valence-electron chi connectivity index (χ2n) is 4.57. The number of hydrogen-bond donors (Lipinski definition) is 1. The first-order chi connectivity index (χ1) is 10.8. The van der Waals surface area contributed by atoms with Gasteiger partial charge in [0.2, 0.25) is 5.91 Å². The van der Waals surface area contributed by atoms with Crippen molar-refractivity contribution in [1.29, 1.82) is 0 Å². The van der Waals surface area contributed by atoms with E-state index in [0.717, 1.165) is 24.3 Å². The van der Waals surface area contributed by atoms with E-state index in [2.05, 4.69) is 5.32 Å². The topological polar surface area (TPSA) is 46.2 Å². The van der Waals surface area contributed by atoms with Gasteiger partial charge in [-0.25, -0.2) is 0 Å². The molecular formula is C15H11ClF3NO2S. The van der Waals surface area contributed by atoms with Crippen molar-refractivity contribution < 1.29 is 22.2 Å². The molecule has 122 valence electrons. The van der Waals surface area contributed by atoms with Gasteiger partial charge in [-0.1, -0.05) is 11.6 Å². The molecule has 0 spiro atoms. The Balaban J connectivity index is 1.96. The van der Waals surface area contributed by atoms with Crippen molar-refractivity contribution in [2.45, 2.75) is 11.1 Å². The molecule has 1 unspecified atom stereocenters. The van der Waals surface area contributed by atoms with Crippen molar-refractivity contribution in [3.63, 3.8) is 0 Å². The Bertz CT molecular complexity index is 715. The quantitative estimate of drug-likeness (QED) is 0.891. The summed E-state index contributed by atoms with van der Waals surface area (Å²) in [6, 6.07) is 10.2. The van der Waals surface area contributed by atoms with Crippen LogP contribution in [0.5, 0.6) is 0 Å². The minimum Gasteiger partial charge on any atom is -0.325 e. The highest BCUT2D eigenvalue weighted by molar-refractivity contribution is 7.85. The average Bonchev–Trinajstić information content (AvgIpc) is 2.47. The van der Waals surface area contributed by atoms with Crippen LogP contribution in [-0.2, 0) is 21.8 Å². The van der Waals surface area contributed by atoms with Gasteiger partial charge >= 0.3 is 6.18 Å². The highest BCUT2D eigenvalue weighted by Gasteiger charge is 2.30. The Morgan fingerprint density at radius 2 is 1.61 bits per heavy atom. The highest BCUT2D eigenvalue weighted by atomic mass is 35.5. The SMILES string of the molecule is O=C(CS(=O)c1ccc(Cl)cc1)Nc1ccc(C(F)(F)F)cc1. The van der Waals surface area contributed by atoms with Gasteiger partial charge in [0, 0.05) is 15.6 Å². The zero-order valence-corrected chi connectivity index (χ0v) is 13.1. The molecule has 1 atom stereocenters. The van der Waals surface area contributed by atoms with Gasteiger partial charge in [-0.3, -0.25) is 9.00 Å². The summed E-state index contributed by atoms with van der Waals surface area (Å²) in [5.41, 5.74) is -0.601. The monoisotopic (exact) mass is 361 g/mol. The van der Waals surface area contributed by atoms with Crippen molar-refractivity contribution in [3.05, 3.63) is 59.1 Å².